The average Bonchev–Trinajstić information content (AvgIpc) is 3.58. The minimum atomic E-state index is -3.67. The van der Waals surface area contributed by atoms with Crippen LogP contribution in [-0.4, -0.2) is 49.8 Å². The van der Waals surface area contributed by atoms with Crippen molar-refractivity contribution < 1.29 is 13.2 Å². The van der Waals surface area contributed by atoms with Gasteiger partial charge in [0.05, 0.1) is 11.1 Å². The van der Waals surface area contributed by atoms with Crippen molar-refractivity contribution in [1.82, 2.24) is 14.5 Å². The standard InChI is InChI=1S/C21H24ClN3O3S/c22-18-8-4-5-9-19(18)29(27,28)25-14-12-24(13-15-25)21(26)23-20(17-10-11-17)16-6-2-1-3-7-16/h1-9,17,20H,10-15H2,(H,23,26). The number of halogens is 1. The smallest absolute Gasteiger partial charge is 0.317 e. The molecule has 0 spiro atoms. The van der Waals surface area contributed by atoms with Crippen molar-refractivity contribution in [2.24, 2.45) is 5.92 Å². The van der Waals surface area contributed by atoms with Crippen LogP contribution in [0.3, 0.4) is 0 Å². The lowest BCUT2D eigenvalue weighted by Gasteiger charge is -2.35. The molecule has 1 saturated carbocycles. The van der Waals surface area contributed by atoms with E-state index in [9.17, 15) is 13.2 Å². The van der Waals surface area contributed by atoms with Gasteiger partial charge in [-0.1, -0.05) is 54.1 Å². The maximum absolute atomic E-state index is 12.9. The highest BCUT2D eigenvalue weighted by atomic mass is 35.5. The van der Waals surface area contributed by atoms with Gasteiger partial charge in [-0.3, -0.25) is 0 Å². The largest absolute Gasteiger partial charge is 0.331 e. The molecule has 8 heteroatoms. The van der Waals surface area contributed by atoms with Crippen LogP contribution in [0.25, 0.3) is 0 Å². The van der Waals surface area contributed by atoms with Gasteiger partial charge in [-0.25, -0.2) is 13.2 Å². The monoisotopic (exact) mass is 433 g/mol. The van der Waals surface area contributed by atoms with Gasteiger partial charge in [0.15, 0.2) is 0 Å². The summed E-state index contributed by atoms with van der Waals surface area (Å²) in [5.41, 5.74) is 1.11. The Morgan fingerprint density at radius 1 is 0.966 bits per heavy atom. The summed E-state index contributed by atoms with van der Waals surface area (Å²) in [7, 11) is -3.67. The van der Waals surface area contributed by atoms with E-state index < -0.39 is 10.0 Å². The zero-order valence-corrected chi connectivity index (χ0v) is 17.6. The molecule has 1 atom stereocenters. The summed E-state index contributed by atoms with van der Waals surface area (Å²) >= 11 is 6.08. The Morgan fingerprint density at radius 2 is 1.59 bits per heavy atom. The number of hydrogen-bond acceptors (Lipinski definition) is 3. The Hall–Kier alpha value is -2.09. The summed E-state index contributed by atoms with van der Waals surface area (Å²) in [5, 5.41) is 3.37. The molecule has 1 aliphatic heterocycles. The van der Waals surface area contributed by atoms with Crippen LogP contribution >= 0.6 is 11.6 Å². The number of carbonyl (C=O) groups is 1. The van der Waals surface area contributed by atoms with E-state index in [-0.39, 0.29) is 35.1 Å². The Kier molecular flexibility index (Phi) is 5.81. The van der Waals surface area contributed by atoms with E-state index in [1.54, 1.807) is 23.1 Å². The Morgan fingerprint density at radius 3 is 2.21 bits per heavy atom. The van der Waals surface area contributed by atoms with Crippen LogP contribution in [0.4, 0.5) is 4.79 Å². The molecule has 2 aromatic rings. The number of rotatable bonds is 5. The van der Waals surface area contributed by atoms with E-state index in [1.807, 2.05) is 30.3 Å². The molecule has 0 radical (unpaired) electrons. The fraction of sp³-hybridized carbons (Fsp3) is 0.381. The first-order valence-corrected chi connectivity index (χ1v) is 11.6. The number of sulfonamides is 1. The number of benzene rings is 2. The van der Waals surface area contributed by atoms with Crippen molar-refractivity contribution in [3.8, 4) is 0 Å². The van der Waals surface area contributed by atoms with Crippen molar-refractivity contribution >= 4 is 27.7 Å². The molecule has 0 aromatic heterocycles. The molecule has 6 nitrogen and oxygen atoms in total. The fourth-order valence-corrected chi connectivity index (χ4v) is 5.63. The van der Waals surface area contributed by atoms with Crippen molar-refractivity contribution in [1.29, 1.82) is 0 Å². The summed E-state index contributed by atoms with van der Waals surface area (Å²) in [6, 6.07) is 16.3. The topological polar surface area (TPSA) is 69.7 Å². The Labute approximate surface area is 176 Å². The van der Waals surface area contributed by atoms with Crippen LogP contribution in [0, 0.1) is 5.92 Å². The van der Waals surface area contributed by atoms with E-state index in [4.69, 9.17) is 11.6 Å². The third-order valence-electron chi connectivity index (χ3n) is 5.51. The van der Waals surface area contributed by atoms with E-state index in [1.165, 1.54) is 10.4 Å². The van der Waals surface area contributed by atoms with Gasteiger partial charge in [0.2, 0.25) is 10.0 Å². The third kappa shape index (κ3) is 4.42. The number of nitrogens with zero attached hydrogens (tertiary/aromatic N) is 2. The molecule has 1 unspecified atom stereocenters. The minimum absolute atomic E-state index is 0.00795. The van der Waals surface area contributed by atoms with Gasteiger partial charge < -0.3 is 10.2 Å². The van der Waals surface area contributed by atoms with Crippen molar-refractivity contribution in [3.63, 3.8) is 0 Å². The average molecular weight is 434 g/mol. The number of carbonyl (C=O) groups excluding carboxylic acids is 1. The molecule has 29 heavy (non-hydrogen) atoms. The summed E-state index contributed by atoms with van der Waals surface area (Å²) in [6.45, 7) is 1.20. The predicted molar refractivity (Wildman–Crippen MR) is 112 cm³/mol. The SMILES string of the molecule is O=C(NC(c1ccccc1)C1CC1)N1CCN(S(=O)(=O)c2ccccc2Cl)CC1. The van der Waals surface area contributed by atoms with Gasteiger partial charge in [-0.15, -0.1) is 0 Å². The quantitative estimate of drug-likeness (QED) is 0.784. The van der Waals surface area contributed by atoms with E-state index in [0.717, 1.165) is 18.4 Å². The number of nitrogens with one attached hydrogen (secondary N) is 1. The second-order valence-electron chi connectivity index (χ2n) is 7.50. The number of piperazine rings is 1. The maximum Gasteiger partial charge on any atom is 0.317 e. The minimum Gasteiger partial charge on any atom is -0.331 e. The first-order valence-electron chi connectivity index (χ1n) is 9.82. The van der Waals surface area contributed by atoms with Gasteiger partial charge >= 0.3 is 6.03 Å². The molecule has 1 heterocycles. The zero-order chi connectivity index (χ0) is 20.4. The first-order chi connectivity index (χ1) is 14.0. The second kappa shape index (κ2) is 8.34. The predicted octanol–water partition coefficient (Wildman–Crippen LogP) is 3.51. The maximum atomic E-state index is 12.9. The first kappa shape index (κ1) is 20.2. The highest BCUT2D eigenvalue weighted by Gasteiger charge is 2.36. The summed E-state index contributed by atoms with van der Waals surface area (Å²) < 4.78 is 27.1. The molecule has 1 saturated heterocycles. The molecule has 2 amide bonds. The van der Waals surface area contributed by atoms with Crippen LogP contribution in [0.15, 0.2) is 59.5 Å². The fourth-order valence-electron chi connectivity index (χ4n) is 3.71. The second-order valence-corrected chi connectivity index (χ2v) is 9.81. The van der Waals surface area contributed by atoms with Crippen LogP contribution in [0.1, 0.15) is 24.4 Å². The molecule has 1 aliphatic carbocycles. The van der Waals surface area contributed by atoms with Crippen molar-refractivity contribution in [3.05, 3.63) is 65.2 Å². The molecule has 4 rings (SSSR count). The normalized spacial score (nSPS) is 19.0. The van der Waals surface area contributed by atoms with Crippen LogP contribution in [0.5, 0.6) is 0 Å². The van der Waals surface area contributed by atoms with Crippen molar-refractivity contribution in [2.75, 3.05) is 26.2 Å². The van der Waals surface area contributed by atoms with Crippen molar-refractivity contribution in [2.45, 2.75) is 23.8 Å². The molecule has 2 aliphatic rings. The molecule has 2 aromatic carbocycles. The van der Waals surface area contributed by atoms with E-state index in [2.05, 4.69) is 5.32 Å². The molecule has 154 valence electrons. The third-order valence-corrected chi connectivity index (χ3v) is 7.91. The number of urea groups is 1. The molecular formula is C21H24ClN3O3S. The molecular weight excluding hydrogens is 410 g/mol. The number of hydrogen-bond donors (Lipinski definition) is 1. The Bertz CT molecular complexity index is 972. The highest BCUT2D eigenvalue weighted by molar-refractivity contribution is 7.89. The summed E-state index contributed by atoms with van der Waals surface area (Å²) in [5.74, 6) is 0.475. The number of amides is 2. The zero-order valence-electron chi connectivity index (χ0n) is 16.0. The van der Waals surface area contributed by atoms with Crippen LogP contribution < -0.4 is 5.32 Å². The van der Waals surface area contributed by atoms with Crippen LogP contribution in [0.2, 0.25) is 5.02 Å². The lowest BCUT2D eigenvalue weighted by molar-refractivity contribution is 0.167. The van der Waals surface area contributed by atoms with Gasteiger partial charge in [-0.2, -0.15) is 4.31 Å². The summed E-state index contributed by atoms with van der Waals surface area (Å²) in [4.78, 5) is 14.6. The van der Waals surface area contributed by atoms with Gasteiger partial charge in [0.25, 0.3) is 0 Å². The molecule has 0 bridgehead atoms. The van der Waals surface area contributed by atoms with E-state index in [0.29, 0.717) is 19.0 Å². The van der Waals surface area contributed by atoms with E-state index >= 15 is 0 Å². The lowest BCUT2D eigenvalue weighted by atomic mass is 10.0. The molecule has 1 N–H and O–H groups in total. The molecule has 2 fully saturated rings. The van der Waals surface area contributed by atoms with Gasteiger partial charge in [0.1, 0.15) is 4.90 Å². The van der Waals surface area contributed by atoms with Gasteiger partial charge in [-0.05, 0) is 36.5 Å². The van der Waals surface area contributed by atoms with Gasteiger partial charge in [0, 0.05) is 26.2 Å². The van der Waals surface area contributed by atoms with Crippen LogP contribution in [-0.2, 0) is 10.0 Å². The lowest BCUT2D eigenvalue weighted by Crippen LogP contribution is -2.53. The highest BCUT2D eigenvalue weighted by Crippen LogP contribution is 2.41. The summed E-state index contributed by atoms with van der Waals surface area (Å²) in [6.07, 6.45) is 2.23. The Balaban J connectivity index is 1.39.